The van der Waals surface area contributed by atoms with Crippen LogP contribution in [-0.2, 0) is 16.8 Å². The Kier molecular flexibility index (Phi) is 5.14. The number of nitrogens with one attached hydrogen (secondary N) is 1. The van der Waals surface area contributed by atoms with Gasteiger partial charge in [0.1, 0.15) is 0 Å². The van der Waals surface area contributed by atoms with Crippen molar-refractivity contribution in [2.75, 3.05) is 32.7 Å². The number of rotatable bonds is 3. The van der Waals surface area contributed by atoms with Crippen molar-refractivity contribution in [2.24, 2.45) is 0 Å². The van der Waals surface area contributed by atoms with Crippen molar-refractivity contribution in [3.63, 3.8) is 0 Å². The maximum absolute atomic E-state index is 13.3. The summed E-state index contributed by atoms with van der Waals surface area (Å²) in [6, 6.07) is -0.741. The van der Waals surface area contributed by atoms with Gasteiger partial charge in [-0.25, -0.2) is 13.8 Å². The van der Waals surface area contributed by atoms with E-state index in [1.807, 2.05) is 0 Å². The maximum Gasteiger partial charge on any atom is 0.262 e. The van der Waals surface area contributed by atoms with E-state index >= 15 is 0 Å². The van der Waals surface area contributed by atoms with Gasteiger partial charge in [-0.05, 0) is 0 Å². The molecule has 1 aromatic heterocycles. The molecule has 2 fully saturated rings. The molecule has 0 saturated carbocycles. The largest absolute Gasteiger partial charge is 0.339 e. The number of piperazine rings is 1. The Labute approximate surface area is 151 Å². The van der Waals surface area contributed by atoms with Gasteiger partial charge in [0, 0.05) is 49.9 Å². The first-order valence-electron chi connectivity index (χ1n) is 8.71. The van der Waals surface area contributed by atoms with Crippen LogP contribution in [0.5, 0.6) is 0 Å². The van der Waals surface area contributed by atoms with Crippen LogP contribution in [0.15, 0.2) is 5.38 Å². The second-order valence-corrected chi connectivity index (χ2v) is 8.85. The lowest BCUT2D eigenvalue weighted by molar-refractivity contribution is -0.135. The molecule has 2 aliphatic rings. The van der Waals surface area contributed by atoms with E-state index in [2.05, 4.69) is 36.4 Å². The fourth-order valence-electron chi connectivity index (χ4n) is 3.19. The molecule has 1 aromatic rings. The molecule has 8 heteroatoms. The van der Waals surface area contributed by atoms with E-state index in [-0.39, 0.29) is 17.7 Å². The van der Waals surface area contributed by atoms with Crippen LogP contribution in [0.1, 0.15) is 37.9 Å². The minimum atomic E-state index is -2.77. The number of hydrogen-bond acceptors (Lipinski definition) is 5. The van der Waals surface area contributed by atoms with E-state index in [9.17, 15) is 13.6 Å². The average molecular weight is 372 g/mol. The molecule has 1 amide bonds. The van der Waals surface area contributed by atoms with Gasteiger partial charge in [0.15, 0.2) is 0 Å². The average Bonchev–Trinajstić information content (AvgIpc) is 3.13. The smallest absolute Gasteiger partial charge is 0.262 e. The van der Waals surface area contributed by atoms with Crippen molar-refractivity contribution in [1.82, 2.24) is 20.1 Å². The van der Waals surface area contributed by atoms with Crippen molar-refractivity contribution in [3.8, 4) is 0 Å². The van der Waals surface area contributed by atoms with Crippen molar-refractivity contribution < 1.29 is 13.6 Å². The van der Waals surface area contributed by atoms with Gasteiger partial charge in [-0.1, -0.05) is 20.8 Å². The lowest BCUT2D eigenvalue weighted by Gasteiger charge is -2.35. The van der Waals surface area contributed by atoms with E-state index in [0.717, 1.165) is 30.3 Å². The quantitative estimate of drug-likeness (QED) is 0.883. The zero-order valence-corrected chi connectivity index (χ0v) is 15.8. The number of aromatic nitrogens is 1. The number of carbonyl (C=O) groups excluding carboxylic acids is 1. The summed E-state index contributed by atoms with van der Waals surface area (Å²) in [5, 5.41) is 5.88. The van der Waals surface area contributed by atoms with Crippen LogP contribution in [-0.4, -0.2) is 65.4 Å². The van der Waals surface area contributed by atoms with Crippen LogP contribution in [0.25, 0.3) is 0 Å². The first-order valence-corrected chi connectivity index (χ1v) is 9.59. The normalized spacial score (nSPS) is 24.7. The molecule has 0 radical (unpaired) electrons. The SMILES string of the molecule is CC(C)(C)c1nc(CN2CCN(C(=O)C3CC(F)(F)CN3)CC2)cs1. The number of hydrogen-bond donors (Lipinski definition) is 1. The van der Waals surface area contributed by atoms with Crippen molar-refractivity contribution in [1.29, 1.82) is 0 Å². The zero-order chi connectivity index (χ0) is 18.2. The number of nitrogens with zero attached hydrogens (tertiary/aromatic N) is 3. The summed E-state index contributed by atoms with van der Waals surface area (Å²) in [7, 11) is 0. The third-order valence-corrected chi connectivity index (χ3v) is 5.99. The highest BCUT2D eigenvalue weighted by Crippen LogP contribution is 2.27. The lowest BCUT2D eigenvalue weighted by atomic mass is 9.98. The van der Waals surface area contributed by atoms with Gasteiger partial charge < -0.3 is 4.90 Å². The Morgan fingerprint density at radius 3 is 2.56 bits per heavy atom. The third-order valence-electron chi connectivity index (χ3n) is 4.67. The predicted molar refractivity (Wildman–Crippen MR) is 94.0 cm³/mol. The first kappa shape index (κ1) is 18.7. The molecular formula is C17H26F2N4OS. The fourth-order valence-corrected chi connectivity index (χ4v) is 4.09. The highest BCUT2D eigenvalue weighted by Gasteiger charge is 2.43. The molecule has 0 aromatic carbocycles. The number of halogens is 2. The Morgan fingerprint density at radius 2 is 2.04 bits per heavy atom. The molecule has 25 heavy (non-hydrogen) atoms. The zero-order valence-electron chi connectivity index (χ0n) is 15.0. The Morgan fingerprint density at radius 1 is 1.36 bits per heavy atom. The number of amides is 1. The van der Waals surface area contributed by atoms with E-state index in [0.29, 0.717) is 13.1 Å². The predicted octanol–water partition coefficient (Wildman–Crippen LogP) is 2.08. The standard InChI is InChI=1S/C17H26F2N4OS/c1-16(2,3)15-21-12(10-25-15)9-22-4-6-23(7-5-22)14(24)13-8-17(18,19)11-20-13/h10,13,20H,4-9,11H2,1-3H3. The Hall–Kier alpha value is -1.12. The molecule has 0 spiro atoms. The second-order valence-electron chi connectivity index (χ2n) is 7.99. The highest BCUT2D eigenvalue weighted by molar-refractivity contribution is 7.09. The summed E-state index contributed by atoms with van der Waals surface area (Å²) in [5.41, 5.74) is 1.12. The van der Waals surface area contributed by atoms with Gasteiger partial charge in [-0.2, -0.15) is 0 Å². The topological polar surface area (TPSA) is 48.5 Å². The van der Waals surface area contributed by atoms with Gasteiger partial charge in [0.25, 0.3) is 5.92 Å². The van der Waals surface area contributed by atoms with Crippen LogP contribution in [0.4, 0.5) is 8.78 Å². The second kappa shape index (κ2) is 6.89. The van der Waals surface area contributed by atoms with E-state index in [1.165, 1.54) is 0 Å². The van der Waals surface area contributed by atoms with Gasteiger partial charge in [-0.3, -0.25) is 15.0 Å². The summed E-state index contributed by atoms with van der Waals surface area (Å²) in [6.07, 6.45) is -0.388. The molecule has 2 saturated heterocycles. The van der Waals surface area contributed by atoms with Crippen LogP contribution < -0.4 is 5.32 Å². The molecule has 0 bridgehead atoms. The van der Waals surface area contributed by atoms with E-state index in [4.69, 9.17) is 4.98 Å². The summed E-state index contributed by atoms with van der Waals surface area (Å²) >= 11 is 1.69. The maximum atomic E-state index is 13.3. The minimum absolute atomic E-state index is 0.0599. The summed E-state index contributed by atoms with van der Waals surface area (Å²) in [5.74, 6) is -2.96. The highest BCUT2D eigenvalue weighted by atomic mass is 32.1. The van der Waals surface area contributed by atoms with Crippen LogP contribution in [0.3, 0.4) is 0 Å². The molecule has 1 atom stereocenters. The number of alkyl halides is 2. The van der Waals surface area contributed by atoms with Gasteiger partial charge in [-0.15, -0.1) is 11.3 Å². The Bertz CT molecular complexity index is 620. The molecule has 5 nitrogen and oxygen atoms in total. The van der Waals surface area contributed by atoms with Gasteiger partial charge in [0.05, 0.1) is 23.3 Å². The Balaban J connectivity index is 1.49. The van der Waals surface area contributed by atoms with Gasteiger partial charge >= 0.3 is 0 Å². The minimum Gasteiger partial charge on any atom is -0.339 e. The first-order chi connectivity index (χ1) is 11.6. The van der Waals surface area contributed by atoms with Crippen molar-refractivity contribution in [3.05, 3.63) is 16.1 Å². The summed E-state index contributed by atoms with van der Waals surface area (Å²) in [4.78, 5) is 21.1. The van der Waals surface area contributed by atoms with Crippen molar-refractivity contribution >= 4 is 17.2 Å². The third kappa shape index (κ3) is 4.54. The van der Waals surface area contributed by atoms with E-state index < -0.39 is 18.5 Å². The lowest BCUT2D eigenvalue weighted by Crippen LogP contribution is -2.52. The molecule has 1 unspecified atom stereocenters. The molecule has 0 aliphatic carbocycles. The number of carbonyl (C=O) groups is 1. The fraction of sp³-hybridized carbons (Fsp3) is 0.765. The molecule has 140 valence electrons. The monoisotopic (exact) mass is 372 g/mol. The summed E-state index contributed by atoms with van der Waals surface area (Å²) < 4.78 is 26.5. The van der Waals surface area contributed by atoms with Crippen LogP contribution in [0, 0.1) is 0 Å². The van der Waals surface area contributed by atoms with E-state index in [1.54, 1.807) is 16.2 Å². The number of thiazole rings is 1. The molecule has 2 aliphatic heterocycles. The summed E-state index contributed by atoms with van der Waals surface area (Å²) in [6.45, 7) is 9.49. The molecular weight excluding hydrogens is 346 g/mol. The molecule has 3 heterocycles. The van der Waals surface area contributed by atoms with Crippen LogP contribution >= 0.6 is 11.3 Å². The van der Waals surface area contributed by atoms with Crippen molar-refractivity contribution in [2.45, 2.75) is 51.1 Å². The molecule has 3 rings (SSSR count). The van der Waals surface area contributed by atoms with Gasteiger partial charge in [0.2, 0.25) is 5.91 Å². The van der Waals surface area contributed by atoms with Crippen LogP contribution in [0.2, 0.25) is 0 Å². The molecule has 1 N–H and O–H groups in total.